The number of amides is 1. The molecule has 10 heteroatoms. The smallest absolute Gasteiger partial charge is 0.284 e. The van der Waals surface area contributed by atoms with Crippen LogP contribution in [0.2, 0.25) is 5.02 Å². The van der Waals surface area contributed by atoms with Crippen molar-refractivity contribution in [2.24, 2.45) is 0 Å². The number of H-pyrrole nitrogens is 1. The first-order chi connectivity index (χ1) is 16.9. The molecular formula is C25H25ClN6O2S. The lowest BCUT2D eigenvalue weighted by Gasteiger charge is -2.28. The van der Waals surface area contributed by atoms with Gasteiger partial charge in [0.2, 0.25) is 0 Å². The highest BCUT2D eigenvalue weighted by molar-refractivity contribution is 7.17. The number of thiazole rings is 1. The number of nitrogens with zero attached hydrogens (tertiary/aromatic N) is 4. The average Bonchev–Trinajstić information content (AvgIpc) is 3.48. The van der Waals surface area contributed by atoms with Crippen molar-refractivity contribution in [3.8, 4) is 22.0 Å². The number of morpholine rings is 1. The van der Waals surface area contributed by atoms with E-state index in [0.717, 1.165) is 52.1 Å². The fraction of sp³-hybridized carbons (Fsp3) is 0.280. The van der Waals surface area contributed by atoms with Crippen molar-refractivity contribution >= 4 is 40.4 Å². The van der Waals surface area contributed by atoms with Crippen molar-refractivity contribution in [3.05, 3.63) is 63.5 Å². The van der Waals surface area contributed by atoms with Crippen LogP contribution in [0.3, 0.4) is 0 Å². The van der Waals surface area contributed by atoms with E-state index in [0.29, 0.717) is 34.8 Å². The molecule has 0 radical (unpaired) electrons. The molecule has 1 aromatic carbocycles. The Bertz CT molecular complexity index is 1370. The number of anilines is 2. The molecule has 0 saturated carbocycles. The van der Waals surface area contributed by atoms with E-state index in [1.807, 2.05) is 51.1 Å². The van der Waals surface area contributed by atoms with Crippen LogP contribution in [0.5, 0.6) is 0 Å². The second-order valence-corrected chi connectivity index (χ2v) is 9.77. The van der Waals surface area contributed by atoms with Gasteiger partial charge < -0.3 is 19.9 Å². The maximum absolute atomic E-state index is 12.9. The van der Waals surface area contributed by atoms with Crippen LogP contribution in [-0.4, -0.2) is 52.1 Å². The summed E-state index contributed by atoms with van der Waals surface area (Å²) in [5.74, 6) is 1.33. The van der Waals surface area contributed by atoms with Gasteiger partial charge in [0, 0.05) is 19.2 Å². The number of benzene rings is 1. The summed E-state index contributed by atoms with van der Waals surface area (Å²) in [7, 11) is 0. The molecular weight excluding hydrogens is 484 g/mol. The lowest BCUT2D eigenvalue weighted by atomic mass is 10.2. The highest BCUT2D eigenvalue weighted by Crippen LogP contribution is 2.33. The van der Waals surface area contributed by atoms with Crippen LogP contribution in [0, 0.1) is 20.8 Å². The highest BCUT2D eigenvalue weighted by Gasteiger charge is 2.20. The average molecular weight is 509 g/mol. The molecule has 1 aliphatic rings. The van der Waals surface area contributed by atoms with Crippen LogP contribution < -0.4 is 10.2 Å². The Morgan fingerprint density at radius 1 is 1.09 bits per heavy atom. The molecule has 3 aromatic heterocycles. The van der Waals surface area contributed by atoms with Crippen molar-refractivity contribution < 1.29 is 9.53 Å². The summed E-state index contributed by atoms with van der Waals surface area (Å²) < 4.78 is 5.46. The summed E-state index contributed by atoms with van der Waals surface area (Å²) >= 11 is 7.61. The lowest BCUT2D eigenvalue weighted by molar-refractivity contribution is 0.102. The van der Waals surface area contributed by atoms with Crippen molar-refractivity contribution in [2.45, 2.75) is 20.8 Å². The number of ether oxygens (including phenoxy) is 1. The Morgan fingerprint density at radius 3 is 2.63 bits per heavy atom. The molecule has 0 bridgehead atoms. The van der Waals surface area contributed by atoms with Crippen molar-refractivity contribution in [3.63, 3.8) is 0 Å². The van der Waals surface area contributed by atoms with Gasteiger partial charge in [0.05, 0.1) is 51.6 Å². The van der Waals surface area contributed by atoms with Crippen LogP contribution in [0.1, 0.15) is 26.9 Å². The van der Waals surface area contributed by atoms with Gasteiger partial charge in [-0.05, 0) is 44.5 Å². The van der Waals surface area contributed by atoms with E-state index in [1.165, 1.54) is 11.3 Å². The molecule has 180 valence electrons. The fourth-order valence-corrected chi connectivity index (χ4v) is 5.23. The van der Waals surface area contributed by atoms with E-state index in [9.17, 15) is 4.79 Å². The van der Waals surface area contributed by atoms with Gasteiger partial charge in [0.1, 0.15) is 11.6 Å². The van der Waals surface area contributed by atoms with E-state index in [1.54, 1.807) is 6.07 Å². The summed E-state index contributed by atoms with van der Waals surface area (Å²) in [6, 6.07) is 11.5. The van der Waals surface area contributed by atoms with E-state index in [4.69, 9.17) is 16.3 Å². The Hall–Kier alpha value is -3.27. The van der Waals surface area contributed by atoms with Gasteiger partial charge >= 0.3 is 0 Å². The van der Waals surface area contributed by atoms with Crippen molar-refractivity contribution in [1.29, 1.82) is 0 Å². The molecule has 0 spiro atoms. The SMILES string of the molecule is Cc1nc(-c2ccc(-c3sc(C(=O)Nc4c(C)cccc4Cl)nc3C)[nH]2)cc(N2CCOCC2)n1. The number of carbonyl (C=O) groups is 1. The van der Waals surface area contributed by atoms with Gasteiger partial charge in [0.25, 0.3) is 5.91 Å². The first-order valence-electron chi connectivity index (χ1n) is 11.3. The molecule has 0 aliphatic carbocycles. The van der Waals surface area contributed by atoms with Crippen LogP contribution in [0.15, 0.2) is 36.4 Å². The minimum atomic E-state index is -0.283. The molecule has 5 rings (SSSR count). The minimum absolute atomic E-state index is 0.283. The zero-order valence-corrected chi connectivity index (χ0v) is 21.3. The molecule has 8 nitrogen and oxygen atoms in total. The lowest BCUT2D eigenvalue weighted by Crippen LogP contribution is -2.36. The molecule has 1 aliphatic heterocycles. The Kier molecular flexibility index (Phi) is 6.55. The second kappa shape index (κ2) is 9.77. The largest absolute Gasteiger partial charge is 0.378 e. The zero-order chi connectivity index (χ0) is 24.5. The zero-order valence-electron chi connectivity index (χ0n) is 19.7. The molecule has 2 N–H and O–H groups in total. The minimum Gasteiger partial charge on any atom is -0.378 e. The number of aromatic amines is 1. The third-order valence-corrected chi connectivity index (χ3v) is 7.32. The number of para-hydroxylation sites is 1. The molecule has 1 fully saturated rings. The van der Waals surface area contributed by atoms with Crippen LogP contribution >= 0.6 is 22.9 Å². The standard InChI is InChI=1S/C25H25ClN6O2S/c1-14-5-4-6-17(26)22(14)31-24(33)25-27-15(2)23(35-25)19-8-7-18(30-19)20-13-21(29-16(3)28-20)32-9-11-34-12-10-32/h4-8,13,30H,9-12H2,1-3H3,(H,31,33). The molecule has 1 saturated heterocycles. The number of hydrogen-bond acceptors (Lipinski definition) is 7. The predicted octanol–water partition coefficient (Wildman–Crippen LogP) is 5.26. The van der Waals surface area contributed by atoms with Crippen LogP contribution in [0.25, 0.3) is 22.0 Å². The third-order valence-electron chi connectivity index (χ3n) is 5.82. The molecule has 0 atom stereocenters. The number of nitrogens with one attached hydrogen (secondary N) is 2. The van der Waals surface area contributed by atoms with Gasteiger partial charge in [-0.2, -0.15) is 0 Å². The number of hydrogen-bond donors (Lipinski definition) is 2. The van der Waals surface area contributed by atoms with E-state index < -0.39 is 0 Å². The van der Waals surface area contributed by atoms with Gasteiger partial charge in [-0.25, -0.2) is 15.0 Å². The summed E-state index contributed by atoms with van der Waals surface area (Å²) in [6.07, 6.45) is 0. The molecule has 4 aromatic rings. The van der Waals surface area contributed by atoms with Crippen molar-refractivity contribution in [1.82, 2.24) is 19.9 Å². The van der Waals surface area contributed by atoms with E-state index in [-0.39, 0.29) is 5.91 Å². The number of aromatic nitrogens is 4. The summed E-state index contributed by atoms with van der Waals surface area (Å²) in [5.41, 5.74) is 4.85. The van der Waals surface area contributed by atoms with Crippen LogP contribution in [0.4, 0.5) is 11.5 Å². The second-order valence-electron chi connectivity index (χ2n) is 8.36. The van der Waals surface area contributed by atoms with Gasteiger partial charge in [-0.15, -0.1) is 11.3 Å². The first kappa shape index (κ1) is 23.5. The molecule has 1 amide bonds. The fourth-order valence-electron chi connectivity index (χ4n) is 4.02. The first-order valence-corrected chi connectivity index (χ1v) is 12.5. The maximum atomic E-state index is 12.9. The predicted molar refractivity (Wildman–Crippen MR) is 140 cm³/mol. The Labute approximate surface area is 212 Å². The van der Waals surface area contributed by atoms with Crippen LogP contribution in [-0.2, 0) is 4.74 Å². The summed E-state index contributed by atoms with van der Waals surface area (Å²) in [4.78, 5) is 33.2. The van der Waals surface area contributed by atoms with Crippen molar-refractivity contribution in [2.75, 3.05) is 36.5 Å². The van der Waals surface area contributed by atoms with Gasteiger partial charge in [0.15, 0.2) is 5.01 Å². The number of carbonyl (C=O) groups excluding carboxylic acids is 1. The number of rotatable bonds is 5. The topological polar surface area (TPSA) is 96.0 Å². The number of halogens is 1. The van der Waals surface area contributed by atoms with E-state index in [2.05, 4.69) is 30.2 Å². The number of aryl methyl sites for hydroxylation is 3. The summed E-state index contributed by atoms with van der Waals surface area (Å²) in [5, 5.41) is 3.77. The Morgan fingerprint density at radius 2 is 1.86 bits per heavy atom. The Balaban J connectivity index is 1.40. The quantitative estimate of drug-likeness (QED) is 0.381. The highest BCUT2D eigenvalue weighted by atomic mass is 35.5. The van der Waals surface area contributed by atoms with Gasteiger partial charge in [-0.3, -0.25) is 4.79 Å². The molecule has 0 unspecified atom stereocenters. The molecule has 35 heavy (non-hydrogen) atoms. The third kappa shape index (κ3) is 4.93. The monoisotopic (exact) mass is 508 g/mol. The van der Waals surface area contributed by atoms with E-state index >= 15 is 0 Å². The maximum Gasteiger partial charge on any atom is 0.284 e. The normalized spacial score (nSPS) is 13.8. The summed E-state index contributed by atoms with van der Waals surface area (Å²) in [6.45, 7) is 8.71. The molecule has 4 heterocycles. The van der Waals surface area contributed by atoms with Gasteiger partial charge in [-0.1, -0.05) is 23.7 Å².